The molecule has 2 rings (SSSR count). The van der Waals surface area contributed by atoms with Gasteiger partial charge in [-0.05, 0) is 39.5 Å². The van der Waals surface area contributed by atoms with E-state index in [1.165, 1.54) is 4.90 Å². The first-order chi connectivity index (χ1) is 8.87. The molecule has 0 spiro atoms. The van der Waals surface area contributed by atoms with Crippen LogP contribution in [0.3, 0.4) is 0 Å². The first-order valence-corrected chi connectivity index (χ1v) is 6.78. The minimum atomic E-state index is -1.10. The number of hydrogen-bond acceptors (Lipinski definition) is 3. The lowest BCUT2D eigenvalue weighted by Crippen LogP contribution is -2.62. The molecule has 2 aliphatic heterocycles. The third-order valence-corrected chi connectivity index (χ3v) is 4.22. The number of carbonyl (C=O) groups is 2. The molecule has 2 atom stereocenters. The number of carboxylic acid groups (broad SMARTS) is 1. The minimum absolute atomic E-state index is 0.294. The highest BCUT2D eigenvalue weighted by molar-refractivity contribution is 5.86. The second-order valence-corrected chi connectivity index (χ2v) is 5.98. The standard InChI is InChI=1S/C13H22N2O4/c1-12(6-8-19-9-12)14-11(18)15-7-4-3-5-13(15,2)10(16)17/h3-9H2,1-2H3,(H,14,18)(H,16,17). The van der Waals surface area contributed by atoms with E-state index < -0.39 is 11.5 Å². The van der Waals surface area contributed by atoms with Crippen molar-refractivity contribution in [1.29, 1.82) is 0 Å². The molecule has 0 radical (unpaired) electrons. The van der Waals surface area contributed by atoms with Gasteiger partial charge in [0.1, 0.15) is 5.54 Å². The third-order valence-electron chi connectivity index (χ3n) is 4.22. The summed E-state index contributed by atoms with van der Waals surface area (Å²) in [5.74, 6) is -0.935. The summed E-state index contributed by atoms with van der Waals surface area (Å²) in [7, 11) is 0. The lowest BCUT2D eigenvalue weighted by atomic mass is 9.88. The van der Waals surface area contributed by atoms with Gasteiger partial charge in [0, 0.05) is 13.2 Å². The van der Waals surface area contributed by atoms with Gasteiger partial charge >= 0.3 is 12.0 Å². The van der Waals surface area contributed by atoms with Crippen molar-refractivity contribution in [3.05, 3.63) is 0 Å². The van der Waals surface area contributed by atoms with Crippen molar-refractivity contribution < 1.29 is 19.4 Å². The van der Waals surface area contributed by atoms with Crippen molar-refractivity contribution in [2.45, 2.75) is 50.6 Å². The molecule has 2 heterocycles. The zero-order chi connectivity index (χ0) is 14.1. The first kappa shape index (κ1) is 14.1. The van der Waals surface area contributed by atoms with Gasteiger partial charge in [-0.2, -0.15) is 0 Å². The SMILES string of the molecule is CC1(NC(=O)N2CCCCC2(C)C(=O)O)CCOC1. The van der Waals surface area contributed by atoms with Crippen LogP contribution in [0.2, 0.25) is 0 Å². The molecular formula is C13H22N2O4. The Labute approximate surface area is 113 Å². The zero-order valence-electron chi connectivity index (χ0n) is 11.6. The lowest BCUT2D eigenvalue weighted by Gasteiger charge is -2.42. The van der Waals surface area contributed by atoms with E-state index in [0.717, 1.165) is 19.3 Å². The van der Waals surface area contributed by atoms with Crippen molar-refractivity contribution in [1.82, 2.24) is 10.2 Å². The monoisotopic (exact) mass is 270 g/mol. The smallest absolute Gasteiger partial charge is 0.329 e. The molecule has 2 N–H and O–H groups in total. The van der Waals surface area contributed by atoms with Gasteiger partial charge in [0.2, 0.25) is 0 Å². The van der Waals surface area contributed by atoms with Crippen LogP contribution in [0.4, 0.5) is 4.79 Å². The van der Waals surface area contributed by atoms with Gasteiger partial charge in [-0.15, -0.1) is 0 Å². The van der Waals surface area contributed by atoms with Crippen LogP contribution < -0.4 is 5.32 Å². The van der Waals surface area contributed by atoms with Gasteiger partial charge < -0.3 is 20.1 Å². The number of hydrogen-bond donors (Lipinski definition) is 2. The molecule has 6 nitrogen and oxygen atoms in total. The number of carboxylic acids is 1. The highest BCUT2D eigenvalue weighted by atomic mass is 16.5. The number of urea groups is 1. The average Bonchev–Trinajstić information content (AvgIpc) is 2.76. The maximum Gasteiger partial charge on any atom is 0.329 e. The maximum absolute atomic E-state index is 12.4. The Bertz CT molecular complexity index is 379. The number of nitrogens with zero attached hydrogens (tertiary/aromatic N) is 1. The highest BCUT2D eigenvalue weighted by Crippen LogP contribution is 2.29. The van der Waals surface area contributed by atoms with E-state index >= 15 is 0 Å². The zero-order valence-corrected chi connectivity index (χ0v) is 11.6. The van der Waals surface area contributed by atoms with Crippen LogP contribution in [-0.4, -0.2) is 52.8 Å². The Kier molecular flexibility index (Phi) is 3.71. The summed E-state index contributed by atoms with van der Waals surface area (Å²) in [6, 6.07) is -0.294. The van der Waals surface area contributed by atoms with Crippen molar-refractivity contribution in [2.24, 2.45) is 0 Å². The Morgan fingerprint density at radius 2 is 2.00 bits per heavy atom. The molecule has 2 saturated heterocycles. The number of carbonyl (C=O) groups excluding carboxylic acids is 1. The van der Waals surface area contributed by atoms with E-state index in [9.17, 15) is 14.7 Å². The van der Waals surface area contributed by atoms with Crippen molar-refractivity contribution in [3.8, 4) is 0 Å². The molecule has 0 aromatic carbocycles. The summed E-state index contributed by atoms with van der Waals surface area (Å²) in [4.78, 5) is 25.3. The fraction of sp³-hybridized carbons (Fsp3) is 0.846. The Hall–Kier alpha value is -1.30. The van der Waals surface area contributed by atoms with Crippen LogP contribution in [0.1, 0.15) is 39.5 Å². The van der Waals surface area contributed by atoms with Crippen LogP contribution in [0.15, 0.2) is 0 Å². The van der Waals surface area contributed by atoms with E-state index in [-0.39, 0.29) is 11.6 Å². The molecule has 2 amide bonds. The van der Waals surface area contributed by atoms with Gasteiger partial charge in [0.15, 0.2) is 0 Å². The number of likely N-dealkylation sites (tertiary alicyclic amines) is 1. The highest BCUT2D eigenvalue weighted by Gasteiger charge is 2.45. The summed E-state index contributed by atoms with van der Waals surface area (Å²) in [5, 5.41) is 12.3. The van der Waals surface area contributed by atoms with E-state index in [4.69, 9.17) is 4.74 Å². The van der Waals surface area contributed by atoms with E-state index in [2.05, 4.69) is 5.32 Å². The van der Waals surface area contributed by atoms with Crippen LogP contribution in [-0.2, 0) is 9.53 Å². The summed E-state index contributed by atoms with van der Waals surface area (Å²) >= 11 is 0. The van der Waals surface area contributed by atoms with Crippen LogP contribution in [0, 0.1) is 0 Å². The average molecular weight is 270 g/mol. The lowest BCUT2D eigenvalue weighted by molar-refractivity contribution is -0.150. The van der Waals surface area contributed by atoms with Crippen molar-refractivity contribution in [2.75, 3.05) is 19.8 Å². The number of nitrogens with one attached hydrogen (secondary N) is 1. The van der Waals surface area contributed by atoms with E-state index in [1.54, 1.807) is 6.92 Å². The molecule has 108 valence electrons. The number of piperidine rings is 1. The number of aliphatic carboxylic acids is 1. The predicted molar refractivity (Wildman–Crippen MR) is 69.0 cm³/mol. The molecule has 6 heteroatoms. The van der Waals surface area contributed by atoms with Crippen LogP contribution >= 0.6 is 0 Å². The van der Waals surface area contributed by atoms with Gasteiger partial charge in [-0.25, -0.2) is 9.59 Å². The second kappa shape index (κ2) is 5.00. The molecule has 2 fully saturated rings. The second-order valence-electron chi connectivity index (χ2n) is 5.98. The number of ether oxygens (including phenoxy) is 1. The molecule has 0 saturated carbocycles. The molecule has 0 aliphatic carbocycles. The summed E-state index contributed by atoms with van der Waals surface area (Å²) in [5.41, 5.74) is -1.48. The van der Waals surface area contributed by atoms with Crippen LogP contribution in [0.5, 0.6) is 0 Å². The Morgan fingerprint density at radius 1 is 1.26 bits per heavy atom. The fourth-order valence-electron chi connectivity index (χ4n) is 2.76. The molecule has 2 aliphatic rings. The maximum atomic E-state index is 12.4. The van der Waals surface area contributed by atoms with Gasteiger partial charge in [0.25, 0.3) is 0 Å². The van der Waals surface area contributed by atoms with E-state index in [0.29, 0.717) is 26.2 Å². The summed E-state index contributed by atoms with van der Waals surface area (Å²) in [6.07, 6.45) is 2.95. The van der Waals surface area contributed by atoms with Gasteiger partial charge in [-0.1, -0.05) is 0 Å². The predicted octanol–water partition coefficient (Wildman–Crippen LogP) is 1.20. The normalized spacial score (nSPS) is 35.2. The molecule has 19 heavy (non-hydrogen) atoms. The van der Waals surface area contributed by atoms with Crippen LogP contribution in [0.25, 0.3) is 0 Å². The van der Waals surface area contributed by atoms with Gasteiger partial charge in [-0.3, -0.25) is 0 Å². The number of amides is 2. The fourth-order valence-corrected chi connectivity index (χ4v) is 2.76. The molecule has 0 aromatic heterocycles. The van der Waals surface area contributed by atoms with Crippen molar-refractivity contribution in [3.63, 3.8) is 0 Å². The largest absolute Gasteiger partial charge is 0.480 e. The molecular weight excluding hydrogens is 248 g/mol. The summed E-state index contributed by atoms with van der Waals surface area (Å²) < 4.78 is 5.30. The minimum Gasteiger partial charge on any atom is -0.480 e. The number of rotatable bonds is 2. The molecule has 2 unspecified atom stereocenters. The Morgan fingerprint density at radius 3 is 2.58 bits per heavy atom. The topological polar surface area (TPSA) is 78.9 Å². The quantitative estimate of drug-likeness (QED) is 0.790. The van der Waals surface area contributed by atoms with Crippen molar-refractivity contribution >= 4 is 12.0 Å². The molecule has 0 bridgehead atoms. The third kappa shape index (κ3) is 2.68. The first-order valence-electron chi connectivity index (χ1n) is 6.78. The Balaban J connectivity index is 2.09. The van der Waals surface area contributed by atoms with E-state index in [1.807, 2.05) is 6.92 Å². The van der Waals surface area contributed by atoms with Gasteiger partial charge in [0.05, 0.1) is 12.1 Å². The summed E-state index contributed by atoms with van der Waals surface area (Å²) in [6.45, 7) is 5.16. The molecule has 0 aromatic rings.